The van der Waals surface area contributed by atoms with Gasteiger partial charge in [0.2, 0.25) is 0 Å². The summed E-state index contributed by atoms with van der Waals surface area (Å²) in [6.07, 6.45) is 1.33. The van der Waals surface area contributed by atoms with Crippen LogP contribution in [0.3, 0.4) is 0 Å². The predicted octanol–water partition coefficient (Wildman–Crippen LogP) is 1.55. The summed E-state index contributed by atoms with van der Waals surface area (Å²) >= 11 is 0. The molecule has 0 spiro atoms. The Hall–Kier alpha value is -1.46. The average molecular weight is 209 g/mol. The summed E-state index contributed by atoms with van der Waals surface area (Å²) < 4.78 is 5.21. The summed E-state index contributed by atoms with van der Waals surface area (Å²) in [4.78, 5) is 9.96. The molecular weight excluding hydrogens is 198 g/mol. The highest BCUT2D eigenvalue weighted by molar-refractivity contribution is 5.34. The standard InChI is InChI=1S/C10H11NO4/c12-10(6-1-7-15-10)8-2-4-9(5-3-8)11(13)14/h2-5,12H,1,6-7H2. The van der Waals surface area contributed by atoms with Gasteiger partial charge in [-0.25, -0.2) is 0 Å². The first-order chi connectivity index (χ1) is 7.12. The topological polar surface area (TPSA) is 72.6 Å². The fourth-order valence-electron chi connectivity index (χ4n) is 1.70. The molecule has 5 heteroatoms. The number of benzene rings is 1. The molecule has 0 saturated carbocycles. The molecule has 15 heavy (non-hydrogen) atoms. The molecule has 0 radical (unpaired) electrons. The van der Waals surface area contributed by atoms with E-state index in [4.69, 9.17) is 4.74 Å². The Morgan fingerprint density at radius 2 is 2.07 bits per heavy atom. The zero-order valence-corrected chi connectivity index (χ0v) is 8.05. The molecule has 1 N–H and O–H groups in total. The second kappa shape index (κ2) is 3.60. The highest BCUT2D eigenvalue weighted by Crippen LogP contribution is 2.33. The molecule has 1 saturated heterocycles. The van der Waals surface area contributed by atoms with E-state index < -0.39 is 10.7 Å². The molecule has 5 nitrogen and oxygen atoms in total. The van der Waals surface area contributed by atoms with Crippen molar-refractivity contribution in [3.8, 4) is 0 Å². The fraction of sp³-hybridized carbons (Fsp3) is 0.400. The summed E-state index contributed by atoms with van der Waals surface area (Å²) in [5.74, 6) is -1.25. The summed E-state index contributed by atoms with van der Waals surface area (Å²) in [5.41, 5.74) is 0.589. The van der Waals surface area contributed by atoms with Crippen LogP contribution in [0.2, 0.25) is 0 Å². The second-order valence-electron chi connectivity index (χ2n) is 3.54. The SMILES string of the molecule is O=[N+]([O-])c1ccc(C2(O)CCCO2)cc1. The van der Waals surface area contributed by atoms with Gasteiger partial charge in [-0.15, -0.1) is 0 Å². The van der Waals surface area contributed by atoms with Gasteiger partial charge >= 0.3 is 0 Å². The molecule has 0 amide bonds. The first-order valence-corrected chi connectivity index (χ1v) is 4.73. The van der Waals surface area contributed by atoms with Crippen LogP contribution in [0, 0.1) is 10.1 Å². The quantitative estimate of drug-likeness (QED) is 0.592. The Balaban J connectivity index is 2.26. The van der Waals surface area contributed by atoms with Crippen LogP contribution in [0.25, 0.3) is 0 Å². The minimum atomic E-state index is -1.25. The number of nitro benzene ring substituents is 1. The maximum Gasteiger partial charge on any atom is 0.269 e. The zero-order valence-electron chi connectivity index (χ0n) is 8.05. The number of nitro groups is 1. The zero-order chi connectivity index (χ0) is 10.9. The minimum Gasteiger partial charge on any atom is -0.362 e. The van der Waals surface area contributed by atoms with E-state index in [0.717, 1.165) is 6.42 Å². The Morgan fingerprint density at radius 3 is 2.53 bits per heavy atom. The number of rotatable bonds is 2. The lowest BCUT2D eigenvalue weighted by Crippen LogP contribution is -2.23. The number of ether oxygens (including phenoxy) is 1. The van der Waals surface area contributed by atoms with E-state index in [-0.39, 0.29) is 5.69 Å². The van der Waals surface area contributed by atoms with Crippen molar-refractivity contribution in [3.05, 3.63) is 39.9 Å². The third-order valence-electron chi connectivity index (χ3n) is 2.53. The van der Waals surface area contributed by atoms with Crippen LogP contribution in [0.4, 0.5) is 5.69 Å². The van der Waals surface area contributed by atoms with Crippen molar-refractivity contribution in [2.75, 3.05) is 6.61 Å². The van der Waals surface area contributed by atoms with Crippen molar-refractivity contribution >= 4 is 5.69 Å². The van der Waals surface area contributed by atoms with Crippen molar-refractivity contribution < 1.29 is 14.8 Å². The van der Waals surface area contributed by atoms with Crippen LogP contribution >= 0.6 is 0 Å². The summed E-state index contributed by atoms with van der Waals surface area (Å²) in [6, 6.07) is 5.80. The smallest absolute Gasteiger partial charge is 0.269 e. The van der Waals surface area contributed by atoms with Crippen LogP contribution in [0.1, 0.15) is 18.4 Å². The van der Waals surface area contributed by atoms with Crippen molar-refractivity contribution in [3.63, 3.8) is 0 Å². The molecule has 2 rings (SSSR count). The number of aliphatic hydroxyl groups is 1. The highest BCUT2D eigenvalue weighted by atomic mass is 16.6. The van der Waals surface area contributed by atoms with E-state index in [1.807, 2.05) is 0 Å². The Kier molecular flexibility index (Phi) is 2.42. The first-order valence-electron chi connectivity index (χ1n) is 4.73. The molecule has 80 valence electrons. The molecule has 1 aliphatic rings. The molecular formula is C10H11NO4. The van der Waals surface area contributed by atoms with Crippen molar-refractivity contribution in [2.45, 2.75) is 18.6 Å². The fourth-order valence-corrected chi connectivity index (χ4v) is 1.70. The lowest BCUT2D eigenvalue weighted by atomic mass is 10.0. The second-order valence-corrected chi connectivity index (χ2v) is 3.54. The predicted molar refractivity (Wildman–Crippen MR) is 52.2 cm³/mol. The van der Waals surface area contributed by atoms with Crippen molar-refractivity contribution in [2.24, 2.45) is 0 Å². The van der Waals surface area contributed by atoms with Crippen LogP contribution in [0.15, 0.2) is 24.3 Å². The van der Waals surface area contributed by atoms with Gasteiger partial charge in [0.05, 0.1) is 11.5 Å². The van der Waals surface area contributed by atoms with Crippen LogP contribution < -0.4 is 0 Å². The van der Waals surface area contributed by atoms with Gasteiger partial charge in [0, 0.05) is 24.1 Å². The van der Waals surface area contributed by atoms with Gasteiger partial charge in [-0.05, 0) is 18.6 Å². The molecule has 1 unspecified atom stereocenters. The molecule has 1 heterocycles. The molecule has 1 aromatic carbocycles. The highest BCUT2D eigenvalue weighted by Gasteiger charge is 2.34. The van der Waals surface area contributed by atoms with Gasteiger partial charge < -0.3 is 9.84 Å². The van der Waals surface area contributed by atoms with E-state index in [1.165, 1.54) is 24.3 Å². The van der Waals surface area contributed by atoms with Crippen molar-refractivity contribution in [1.82, 2.24) is 0 Å². The van der Waals surface area contributed by atoms with Gasteiger partial charge in [-0.3, -0.25) is 10.1 Å². The minimum absolute atomic E-state index is 0.0142. The van der Waals surface area contributed by atoms with Gasteiger partial charge in [-0.2, -0.15) is 0 Å². The third-order valence-corrected chi connectivity index (χ3v) is 2.53. The summed E-state index contributed by atoms with van der Waals surface area (Å²) in [6.45, 7) is 0.521. The Morgan fingerprint density at radius 1 is 1.40 bits per heavy atom. The number of nitrogens with zero attached hydrogens (tertiary/aromatic N) is 1. The van der Waals surface area contributed by atoms with Gasteiger partial charge in [0.15, 0.2) is 5.79 Å². The Labute approximate surface area is 86.4 Å². The maximum atomic E-state index is 10.4. The molecule has 0 aromatic heterocycles. The van der Waals surface area contributed by atoms with E-state index in [2.05, 4.69) is 0 Å². The monoisotopic (exact) mass is 209 g/mol. The van der Waals surface area contributed by atoms with E-state index >= 15 is 0 Å². The van der Waals surface area contributed by atoms with E-state index in [0.29, 0.717) is 18.6 Å². The third kappa shape index (κ3) is 1.84. The van der Waals surface area contributed by atoms with Gasteiger partial charge in [0.1, 0.15) is 0 Å². The van der Waals surface area contributed by atoms with Crippen molar-refractivity contribution in [1.29, 1.82) is 0 Å². The molecule has 1 aromatic rings. The first kappa shape index (κ1) is 10.1. The molecule has 0 aliphatic carbocycles. The Bertz CT molecular complexity index is 368. The van der Waals surface area contributed by atoms with Crippen LogP contribution in [-0.4, -0.2) is 16.6 Å². The van der Waals surface area contributed by atoms with E-state index in [1.54, 1.807) is 0 Å². The summed E-state index contributed by atoms with van der Waals surface area (Å²) in [5, 5.41) is 20.4. The van der Waals surface area contributed by atoms with Crippen LogP contribution in [0.5, 0.6) is 0 Å². The lowest BCUT2D eigenvalue weighted by molar-refractivity contribution is -0.384. The molecule has 1 fully saturated rings. The van der Waals surface area contributed by atoms with E-state index in [9.17, 15) is 15.2 Å². The van der Waals surface area contributed by atoms with Gasteiger partial charge in [-0.1, -0.05) is 0 Å². The molecule has 0 bridgehead atoms. The number of hydrogen-bond acceptors (Lipinski definition) is 4. The lowest BCUT2D eigenvalue weighted by Gasteiger charge is -2.21. The van der Waals surface area contributed by atoms with Gasteiger partial charge in [0.25, 0.3) is 5.69 Å². The number of hydrogen-bond donors (Lipinski definition) is 1. The average Bonchev–Trinajstić information content (AvgIpc) is 2.67. The number of non-ortho nitro benzene ring substituents is 1. The summed E-state index contributed by atoms with van der Waals surface area (Å²) in [7, 11) is 0. The largest absolute Gasteiger partial charge is 0.362 e. The van der Waals surface area contributed by atoms with Crippen LogP contribution in [-0.2, 0) is 10.5 Å². The normalized spacial score (nSPS) is 25.4. The molecule has 1 aliphatic heterocycles. The maximum absolute atomic E-state index is 10.4. The molecule has 1 atom stereocenters.